The Bertz CT molecular complexity index is 417. The van der Waals surface area contributed by atoms with Gasteiger partial charge in [0.2, 0.25) is 0 Å². The predicted octanol–water partition coefficient (Wildman–Crippen LogP) is 3.61. The molecule has 1 saturated carbocycles. The number of nitrogens with one attached hydrogen (secondary N) is 2. The van der Waals surface area contributed by atoms with Crippen molar-refractivity contribution in [2.45, 2.75) is 70.6 Å². The van der Waals surface area contributed by atoms with Crippen LogP contribution in [0.2, 0.25) is 0 Å². The highest BCUT2D eigenvalue weighted by Gasteiger charge is 2.23. The summed E-state index contributed by atoms with van der Waals surface area (Å²) in [5.41, 5.74) is 0.959. The Labute approximate surface area is 122 Å². The second-order valence-electron chi connectivity index (χ2n) is 6.92. The van der Waals surface area contributed by atoms with Gasteiger partial charge in [0.25, 0.3) is 0 Å². The SMILES string of the molecule is CC(C)(C)N[C@H]1CC[C@H](NCc2ccccc2F)CC1. The van der Waals surface area contributed by atoms with Crippen molar-refractivity contribution in [1.29, 1.82) is 0 Å². The highest BCUT2D eigenvalue weighted by molar-refractivity contribution is 5.17. The molecule has 0 unspecified atom stereocenters. The molecule has 0 bridgehead atoms. The van der Waals surface area contributed by atoms with E-state index < -0.39 is 0 Å². The normalized spacial score (nSPS) is 23.8. The van der Waals surface area contributed by atoms with Gasteiger partial charge in [-0.1, -0.05) is 18.2 Å². The minimum Gasteiger partial charge on any atom is -0.310 e. The molecule has 2 N–H and O–H groups in total. The summed E-state index contributed by atoms with van der Waals surface area (Å²) < 4.78 is 13.5. The van der Waals surface area contributed by atoms with Gasteiger partial charge >= 0.3 is 0 Å². The molecular weight excluding hydrogens is 251 g/mol. The molecule has 0 spiro atoms. The zero-order chi connectivity index (χ0) is 14.6. The Balaban J connectivity index is 1.74. The first-order chi connectivity index (χ1) is 9.44. The van der Waals surface area contributed by atoms with Crippen LogP contribution < -0.4 is 10.6 Å². The van der Waals surface area contributed by atoms with E-state index in [4.69, 9.17) is 0 Å². The van der Waals surface area contributed by atoms with Gasteiger partial charge in [-0.05, 0) is 52.5 Å². The molecule has 0 aromatic heterocycles. The molecule has 0 radical (unpaired) electrons. The van der Waals surface area contributed by atoms with Gasteiger partial charge in [-0.25, -0.2) is 4.39 Å². The fourth-order valence-corrected chi connectivity index (χ4v) is 2.95. The van der Waals surface area contributed by atoms with Crippen LogP contribution in [-0.2, 0) is 6.54 Å². The van der Waals surface area contributed by atoms with E-state index in [0.717, 1.165) is 5.56 Å². The molecule has 20 heavy (non-hydrogen) atoms. The number of benzene rings is 1. The zero-order valence-electron chi connectivity index (χ0n) is 12.9. The van der Waals surface area contributed by atoms with Crippen LogP contribution in [0.3, 0.4) is 0 Å². The van der Waals surface area contributed by atoms with Crippen molar-refractivity contribution < 1.29 is 4.39 Å². The first-order valence-corrected chi connectivity index (χ1v) is 7.68. The van der Waals surface area contributed by atoms with Crippen LogP contribution in [0.25, 0.3) is 0 Å². The Morgan fingerprint density at radius 2 is 1.65 bits per heavy atom. The Kier molecular flexibility index (Phi) is 5.17. The van der Waals surface area contributed by atoms with Crippen molar-refractivity contribution in [1.82, 2.24) is 10.6 Å². The first-order valence-electron chi connectivity index (χ1n) is 7.68. The fraction of sp³-hybridized carbons (Fsp3) is 0.647. The summed E-state index contributed by atoms with van der Waals surface area (Å²) in [6.45, 7) is 7.29. The van der Waals surface area contributed by atoms with Crippen molar-refractivity contribution in [3.05, 3.63) is 35.6 Å². The van der Waals surface area contributed by atoms with Gasteiger partial charge in [0.15, 0.2) is 0 Å². The maximum atomic E-state index is 13.5. The lowest BCUT2D eigenvalue weighted by molar-refractivity contribution is 0.261. The van der Waals surface area contributed by atoms with Gasteiger partial charge in [0, 0.05) is 29.7 Å². The van der Waals surface area contributed by atoms with Crippen LogP contribution in [0.4, 0.5) is 4.39 Å². The third kappa shape index (κ3) is 4.88. The van der Waals surface area contributed by atoms with Gasteiger partial charge < -0.3 is 10.6 Å². The standard InChI is InChI=1S/C17H27FN2/c1-17(2,3)20-15-10-8-14(9-11-15)19-12-13-6-4-5-7-16(13)18/h4-7,14-15,19-20H,8-12H2,1-3H3/t14-,15-. The van der Waals surface area contributed by atoms with E-state index in [1.54, 1.807) is 6.07 Å². The van der Waals surface area contributed by atoms with Gasteiger partial charge in [0.1, 0.15) is 5.82 Å². The molecule has 1 fully saturated rings. The summed E-state index contributed by atoms with van der Waals surface area (Å²) in [5.74, 6) is -0.108. The van der Waals surface area contributed by atoms with Gasteiger partial charge in [-0.15, -0.1) is 0 Å². The molecule has 0 heterocycles. The zero-order valence-corrected chi connectivity index (χ0v) is 12.9. The quantitative estimate of drug-likeness (QED) is 0.879. The third-order valence-corrected chi connectivity index (χ3v) is 3.90. The highest BCUT2D eigenvalue weighted by Crippen LogP contribution is 2.21. The van der Waals surface area contributed by atoms with Crippen LogP contribution >= 0.6 is 0 Å². The Morgan fingerprint density at radius 1 is 1.05 bits per heavy atom. The van der Waals surface area contributed by atoms with E-state index >= 15 is 0 Å². The lowest BCUT2D eigenvalue weighted by Gasteiger charge is -2.34. The van der Waals surface area contributed by atoms with Crippen LogP contribution in [0.1, 0.15) is 52.0 Å². The summed E-state index contributed by atoms with van der Waals surface area (Å²) in [6, 6.07) is 8.16. The number of rotatable bonds is 4. The van der Waals surface area contributed by atoms with Crippen molar-refractivity contribution in [3.8, 4) is 0 Å². The third-order valence-electron chi connectivity index (χ3n) is 3.90. The van der Waals surface area contributed by atoms with Gasteiger partial charge in [-0.2, -0.15) is 0 Å². The van der Waals surface area contributed by atoms with Gasteiger partial charge in [-0.3, -0.25) is 0 Å². The molecule has 1 aliphatic carbocycles. The van der Waals surface area contributed by atoms with E-state index in [2.05, 4.69) is 31.4 Å². The summed E-state index contributed by atoms with van der Waals surface area (Å²) in [4.78, 5) is 0. The average molecular weight is 278 g/mol. The maximum Gasteiger partial charge on any atom is 0.127 e. The van der Waals surface area contributed by atoms with E-state index in [0.29, 0.717) is 18.6 Å². The molecule has 1 aromatic rings. The predicted molar refractivity (Wildman–Crippen MR) is 82.2 cm³/mol. The largest absolute Gasteiger partial charge is 0.310 e. The Hall–Kier alpha value is -0.930. The molecule has 2 nitrogen and oxygen atoms in total. The molecule has 2 rings (SSSR count). The number of hydrogen-bond acceptors (Lipinski definition) is 2. The molecule has 0 atom stereocenters. The van der Waals surface area contributed by atoms with Crippen molar-refractivity contribution >= 4 is 0 Å². The summed E-state index contributed by atoms with van der Waals surface area (Å²) in [5, 5.41) is 7.17. The molecule has 1 aliphatic rings. The summed E-state index contributed by atoms with van der Waals surface area (Å²) in [6.07, 6.45) is 4.74. The lowest BCUT2D eigenvalue weighted by Crippen LogP contribution is -2.47. The van der Waals surface area contributed by atoms with Crippen LogP contribution in [0, 0.1) is 5.82 Å². The lowest BCUT2D eigenvalue weighted by atomic mass is 9.89. The Morgan fingerprint density at radius 3 is 2.25 bits per heavy atom. The minimum absolute atomic E-state index is 0.108. The second-order valence-corrected chi connectivity index (χ2v) is 6.92. The molecular formula is C17H27FN2. The summed E-state index contributed by atoms with van der Waals surface area (Å²) >= 11 is 0. The molecule has 112 valence electrons. The van der Waals surface area contributed by atoms with E-state index in [1.165, 1.54) is 31.7 Å². The molecule has 0 saturated heterocycles. The van der Waals surface area contributed by atoms with Crippen LogP contribution in [0.15, 0.2) is 24.3 Å². The van der Waals surface area contributed by atoms with E-state index in [1.807, 2.05) is 12.1 Å². The highest BCUT2D eigenvalue weighted by atomic mass is 19.1. The molecule has 1 aromatic carbocycles. The number of hydrogen-bond donors (Lipinski definition) is 2. The van der Waals surface area contributed by atoms with Gasteiger partial charge in [0.05, 0.1) is 0 Å². The van der Waals surface area contributed by atoms with E-state index in [-0.39, 0.29) is 11.4 Å². The molecule has 0 aliphatic heterocycles. The minimum atomic E-state index is -0.108. The summed E-state index contributed by atoms with van der Waals surface area (Å²) in [7, 11) is 0. The first kappa shape index (κ1) is 15.5. The number of halogens is 1. The smallest absolute Gasteiger partial charge is 0.127 e. The van der Waals surface area contributed by atoms with Crippen molar-refractivity contribution in [3.63, 3.8) is 0 Å². The van der Waals surface area contributed by atoms with E-state index in [9.17, 15) is 4.39 Å². The van der Waals surface area contributed by atoms with Crippen LogP contribution in [0.5, 0.6) is 0 Å². The second kappa shape index (κ2) is 6.68. The van der Waals surface area contributed by atoms with Crippen molar-refractivity contribution in [2.75, 3.05) is 0 Å². The average Bonchev–Trinajstić information content (AvgIpc) is 2.38. The monoisotopic (exact) mass is 278 g/mol. The topological polar surface area (TPSA) is 24.1 Å². The molecule has 3 heteroatoms. The van der Waals surface area contributed by atoms with Crippen LogP contribution in [-0.4, -0.2) is 17.6 Å². The fourth-order valence-electron chi connectivity index (χ4n) is 2.95. The molecule has 0 amide bonds. The maximum absolute atomic E-state index is 13.5. The van der Waals surface area contributed by atoms with Crippen molar-refractivity contribution in [2.24, 2.45) is 0 Å².